The van der Waals surface area contributed by atoms with Crippen molar-refractivity contribution < 1.29 is 4.79 Å². The molecule has 2 rings (SSSR count). The number of carbonyl (C=O) groups excluding carboxylic acids is 1. The number of carbonyl (C=O) groups is 1. The molecular formula is C15H28N2O. The minimum Gasteiger partial charge on any atom is -0.338 e. The van der Waals surface area contributed by atoms with Gasteiger partial charge in [0.15, 0.2) is 0 Å². The Balaban J connectivity index is 2.02. The van der Waals surface area contributed by atoms with Gasteiger partial charge in [0, 0.05) is 18.6 Å². The van der Waals surface area contributed by atoms with Crippen molar-refractivity contribution in [1.29, 1.82) is 0 Å². The highest BCUT2D eigenvalue weighted by Gasteiger charge is 2.31. The molecule has 18 heavy (non-hydrogen) atoms. The highest BCUT2D eigenvalue weighted by Crippen LogP contribution is 2.30. The van der Waals surface area contributed by atoms with Gasteiger partial charge in [0.2, 0.25) is 0 Å². The Kier molecular flexibility index (Phi) is 5.33. The first-order chi connectivity index (χ1) is 8.83. The van der Waals surface area contributed by atoms with Crippen molar-refractivity contribution in [2.75, 3.05) is 6.54 Å². The van der Waals surface area contributed by atoms with Crippen molar-refractivity contribution >= 4 is 6.03 Å². The third kappa shape index (κ3) is 3.39. The maximum absolute atomic E-state index is 12.4. The summed E-state index contributed by atoms with van der Waals surface area (Å²) in [4.78, 5) is 14.6. The van der Waals surface area contributed by atoms with Crippen LogP contribution in [-0.4, -0.2) is 29.6 Å². The van der Waals surface area contributed by atoms with Crippen molar-refractivity contribution in [3.05, 3.63) is 0 Å². The lowest BCUT2D eigenvalue weighted by Gasteiger charge is -2.41. The summed E-state index contributed by atoms with van der Waals surface area (Å²) < 4.78 is 0. The number of nitrogens with zero attached hydrogens (tertiary/aromatic N) is 1. The van der Waals surface area contributed by atoms with Crippen LogP contribution in [0.2, 0.25) is 0 Å². The Morgan fingerprint density at radius 1 is 0.944 bits per heavy atom. The van der Waals surface area contributed by atoms with Gasteiger partial charge in [0.05, 0.1) is 0 Å². The summed E-state index contributed by atoms with van der Waals surface area (Å²) in [7, 11) is 0. The van der Waals surface area contributed by atoms with Gasteiger partial charge in [-0.2, -0.15) is 0 Å². The zero-order valence-electron chi connectivity index (χ0n) is 11.8. The lowest BCUT2D eigenvalue weighted by Crippen LogP contribution is -2.52. The van der Waals surface area contributed by atoms with Gasteiger partial charge in [-0.25, -0.2) is 4.79 Å². The summed E-state index contributed by atoms with van der Waals surface area (Å²) in [5.41, 5.74) is 0. The van der Waals surface area contributed by atoms with Crippen molar-refractivity contribution in [3.63, 3.8) is 0 Å². The molecule has 0 bridgehead atoms. The molecule has 0 spiro atoms. The fraction of sp³-hybridized carbons (Fsp3) is 0.933. The third-order valence-electron chi connectivity index (χ3n) is 4.50. The summed E-state index contributed by atoms with van der Waals surface area (Å²) in [6.45, 7) is 2.76. The molecule has 1 N–H and O–H groups in total. The van der Waals surface area contributed by atoms with Gasteiger partial charge in [-0.15, -0.1) is 0 Å². The Morgan fingerprint density at radius 2 is 1.39 bits per heavy atom. The second-order valence-electron chi connectivity index (χ2n) is 5.83. The number of hydrogen-bond acceptors (Lipinski definition) is 1. The first kappa shape index (κ1) is 13.7. The van der Waals surface area contributed by atoms with E-state index in [2.05, 4.69) is 10.2 Å². The van der Waals surface area contributed by atoms with Gasteiger partial charge >= 0.3 is 6.03 Å². The fourth-order valence-electron chi connectivity index (χ4n) is 3.59. The largest absolute Gasteiger partial charge is 0.338 e. The molecule has 0 radical (unpaired) electrons. The van der Waals surface area contributed by atoms with E-state index in [1.54, 1.807) is 0 Å². The van der Waals surface area contributed by atoms with Crippen LogP contribution in [-0.2, 0) is 0 Å². The molecular weight excluding hydrogens is 224 g/mol. The number of urea groups is 1. The van der Waals surface area contributed by atoms with Gasteiger partial charge < -0.3 is 10.2 Å². The second-order valence-corrected chi connectivity index (χ2v) is 5.83. The molecule has 2 fully saturated rings. The van der Waals surface area contributed by atoms with Crippen LogP contribution in [0.1, 0.15) is 71.1 Å². The van der Waals surface area contributed by atoms with E-state index in [-0.39, 0.29) is 6.03 Å². The Morgan fingerprint density at radius 3 is 1.78 bits per heavy atom. The lowest BCUT2D eigenvalue weighted by molar-refractivity contribution is 0.105. The van der Waals surface area contributed by atoms with Gasteiger partial charge in [0.1, 0.15) is 0 Å². The highest BCUT2D eigenvalue weighted by atomic mass is 16.2. The quantitative estimate of drug-likeness (QED) is 0.816. The first-order valence-corrected chi connectivity index (χ1v) is 7.89. The van der Waals surface area contributed by atoms with Crippen LogP contribution in [0.15, 0.2) is 0 Å². The lowest BCUT2D eigenvalue weighted by atomic mass is 9.89. The van der Waals surface area contributed by atoms with E-state index in [1.165, 1.54) is 64.2 Å². The fourth-order valence-corrected chi connectivity index (χ4v) is 3.59. The molecule has 0 atom stereocenters. The summed E-state index contributed by atoms with van der Waals surface area (Å²) in [5.74, 6) is 0. The molecule has 0 aliphatic heterocycles. The van der Waals surface area contributed by atoms with E-state index in [1.807, 2.05) is 6.92 Å². The van der Waals surface area contributed by atoms with E-state index in [0.29, 0.717) is 12.1 Å². The SMILES string of the molecule is CCNC(=O)N(C1CCCCC1)C1CCCCC1. The molecule has 3 nitrogen and oxygen atoms in total. The highest BCUT2D eigenvalue weighted by molar-refractivity contribution is 5.74. The topological polar surface area (TPSA) is 32.3 Å². The van der Waals surface area contributed by atoms with Crippen molar-refractivity contribution in [3.8, 4) is 0 Å². The zero-order chi connectivity index (χ0) is 12.8. The van der Waals surface area contributed by atoms with E-state index < -0.39 is 0 Å². The van der Waals surface area contributed by atoms with E-state index in [9.17, 15) is 4.79 Å². The molecule has 0 aromatic heterocycles. The van der Waals surface area contributed by atoms with Gasteiger partial charge in [0.25, 0.3) is 0 Å². The van der Waals surface area contributed by atoms with Crippen molar-refractivity contribution in [1.82, 2.24) is 10.2 Å². The normalized spacial score (nSPS) is 22.7. The smallest absolute Gasteiger partial charge is 0.317 e. The molecule has 2 aliphatic carbocycles. The average Bonchev–Trinajstić information content (AvgIpc) is 2.42. The maximum atomic E-state index is 12.4. The molecule has 2 amide bonds. The van der Waals surface area contributed by atoms with Crippen LogP contribution in [0.25, 0.3) is 0 Å². The van der Waals surface area contributed by atoms with Crippen LogP contribution in [0.5, 0.6) is 0 Å². The summed E-state index contributed by atoms with van der Waals surface area (Å²) in [6.07, 6.45) is 12.8. The molecule has 104 valence electrons. The summed E-state index contributed by atoms with van der Waals surface area (Å²) in [5, 5.41) is 3.03. The molecule has 0 heterocycles. The van der Waals surface area contributed by atoms with Crippen molar-refractivity contribution in [2.45, 2.75) is 83.2 Å². The molecule has 3 heteroatoms. The predicted molar refractivity (Wildman–Crippen MR) is 74.7 cm³/mol. The minimum absolute atomic E-state index is 0.191. The van der Waals surface area contributed by atoms with E-state index in [4.69, 9.17) is 0 Å². The summed E-state index contributed by atoms with van der Waals surface area (Å²) >= 11 is 0. The standard InChI is InChI=1S/C15H28N2O/c1-2-16-15(18)17(13-9-5-3-6-10-13)14-11-7-4-8-12-14/h13-14H,2-12H2,1H3,(H,16,18). The maximum Gasteiger partial charge on any atom is 0.317 e. The van der Waals surface area contributed by atoms with Gasteiger partial charge in [-0.3, -0.25) is 0 Å². The van der Waals surface area contributed by atoms with Gasteiger partial charge in [-0.05, 0) is 32.6 Å². The van der Waals surface area contributed by atoms with Crippen LogP contribution < -0.4 is 5.32 Å². The number of amides is 2. The van der Waals surface area contributed by atoms with Crippen LogP contribution in [0, 0.1) is 0 Å². The molecule has 2 aliphatic rings. The molecule has 0 aromatic rings. The molecule has 0 aromatic carbocycles. The minimum atomic E-state index is 0.191. The zero-order valence-corrected chi connectivity index (χ0v) is 11.8. The predicted octanol–water partition coefficient (Wildman–Crippen LogP) is 3.68. The number of nitrogens with one attached hydrogen (secondary N) is 1. The summed E-state index contributed by atoms with van der Waals surface area (Å²) in [6, 6.07) is 1.21. The second kappa shape index (κ2) is 7.01. The van der Waals surface area contributed by atoms with Crippen molar-refractivity contribution in [2.24, 2.45) is 0 Å². The Hall–Kier alpha value is -0.730. The number of hydrogen-bond donors (Lipinski definition) is 1. The molecule has 0 unspecified atom stereocenters. The first-order valence-electron chi connectivity index (χ1n) is 7.89. The Labute approximate surface area is 111 Å². The Bertz CT molecular complexity index is 237. The number of rotatable bonds is 3. The molecule has 2 saturated carbocycles. The van der Waals surface area contributed by atoms with E-state index in [0.717, 1.165) is 6.54 Å². The monoisotopic (exact) mass is 252 g/mol. The third-order valence-corrected chi connectivity index (χ3v) is 4.50. The van der Waals surface area contributed by atoms with Crippen LogP contribution in [0.4, 0.5) is 4.79 Å². The van der Waals surface area contributed by atoms with Crippen LogP contribution >= 0.6 is 0 Å². The molecule has 0 saturated heterocycles. The van der Waals surface area contributed by atoms with Crippen LogP contribution in [0.3, 0.4) is 0 Å². The average molecular weight is 252 g/mol. The van der Waals surface area contributed by atoms with Gasteiger partial charge in [-0.1, -0.05) is 38.5 Å². The van der Waals surface area contributed by atoms with E-state index >= 15 is 0 Å².